The summed E-state index contributed by atoms with van der Waals surface area (Å²) in [6.07, 6.45) is 1.81. The smallest absolute Gasteiger partial charge is 0.160 e. The Morgan fingerprint density at radius 1 is 1.30 bits per heavy atom. The quantitative estimate of drug-likeness (QED) is 0.739. The first-order valence-electron chi connectivity index (χ1n) is 6.36. The molecule has 0 fully saturated rings. The van der Waals surface area contributed by atoms with E-state index < -0.39 is 5.82 Å². The van der Waals surface area contributed by atoms with Crippen LogP contribution in [0.5, 0.6) is 0 Å². The van der Waals surface area contributed by atoms with Gasteiger partial charge in [-0.15, -0.1) is 0 Å². The molecule has 0 amide bonds. The minimum atomic E-state index is -0.419. The first-order valence-corrected chi connectivity index (χ1v) is 6.36. The third kappa shape index (κ3) is 2.09. The fourth-order valence-electron chi connectivity index (χ4n) is 2.37. The van der Waals surface area contributed by atoms with Gasteiger partial charge in [0.1, 0.15) is 5.52 Å². The molecule has 3 aromatic rings. The Morgan fingerprint density at radius 2 is 2.05 bits per heavy atom. The molecule has 0 saturated carbocycles. The van der Waals surface area contributed by atoms with E-state index in [-0.39, 0.29) is 11.3 Å². The molecule has 0 saturated heterocycles. The van der Waals surface area contributed by atoms with E-state index in [4.69, 9.17) is 0 Å². The van der Waals surface area contributed by atoms with Crippen LogP contribution < -0.4 is 0 Å². The molecule has 4 heteroatoms. The number of halogens is 1. The van der Waals surface area contributed by atoms with E-state index in [0.717, 1.165) is 5.56 Å². The van der Waals surface area contributed by atoms with Gasteiger partial charge in [-0.2, -0.15) is 0 Å². The molecule has 0 atom stereocenters. The van der Waals surface area contributed by atoms with Gasteiger partial charge in [-0.25, -0.2) is 9.37 Å². The fourth-order valence-corrected chi connectivity index (χ4v) is 2.37. The molecule has 1 aromatic heterocycles. The van der Waals surface area contributed by atoms with Crippen molar-refractivity contribution in [1.29, 1.82) is 0 Å². The monoisotopic (exact) mass is 268 g/mol. The predicted octanol–water partition coefficient (Wildman–Crippen LogP) is 3.50. The highest BCUT2D eigenvalue weighted by Gasteiger charge is 2.18. The average molecular weight is 268 g/mol. The average Bonchev–Trinajstić information content (AvgIpc) is 2.91. The van der Waals surface area contributed by atoms with Gasteiger partial charge in [-0.05, 0) is 18.6 Å². The Balaban J connectivity index is 2.19. The number of ketones is 1. The Hall–Kier alpha value is -2.49. The normalized spacial score (nSPS) is 10.9. The van der Waals surface area contributed by atoms with Gasteiger partial charge in [-0.1, -0.05) is 30.3 Å². The zero-order chi connectivity index (χ0) is 14.1. The molecule has 0 aliphatic carbocycles. The standard InChI is InChI=1S/C16H13FN2O/c1-10(20)12-8-14-16(19-9-18-14)15(17)13(12)7-11-5-3-2-4-6-11/h2-6,8-9H,7H2,1H3,(H,18,19). The van der Waals surface area contributed by atoms with Crippen LogP contribution in [0, 0.1) is 5.82 Å². The summed E-state index contributed by atoms with van der Waals surface area (Å²) in [6, 6.07) is 11.2. The molecule has 20 heavy (non-hydrogen) atoms. The number of carbonyl (C=O) groups excluding carboxylic acids is 1. The van der Waals surface area contributed by atoms with Gasteiger partial charge < -0.3 is 4.98 Å². The Morgan fingerprint density at radius 3 is 2.75 bits per heavy atom. The highest BCUT2D eigenvalue weighted by molar-refractivity contribution is 5.99. The van der Waals surface area contributed by atoms with Gasteiger partial charge in [0.15, 0.2) is 11.6 Å². The minimum Gasteiger partial charge on any atom is -0.344 e. The van der Waals surface area contributed by atoms with Crippen molar-refractivity contribution in [1.82, 2.24) is 9.97 Å². The fraction of sp³-hybridized carbons (Fsp3) is 0.125. The van der Waals surface area contributed by atoms with E-state index in [0.29, 0.717) is 23.1 Å². The van der Waals surface area contributed by atoms with E-state index >= 15 is 0 Å². The van der Waals surface area contributed by atoms with Gasteiger partial charge in [0.2, 0.25) is 0 Å². The third-order valence-electron chi connectivity index (χ3n) is 3.36. The van der Waals surface area contributed by atoms with Crippen molar-refractivity contribution < 1.29 is 9.18 Å². The largest absolute Gasteiger partial charge is 0.344 e. The van der Waals surface area contributed by atoms with Crippen LogP contribution in [0.25, 0.3) is 11.0 Å². The van der Waals surface area contributed by atoms with Gasteiger partial charge in [0.05, 0.1) is 11.8 Å². The molecule has 1 N–H and O–H groups in total. The van der Waals surface area contributed by atoms with E-state index in [1.807, 2.05) is 30.3 Å². The molecular weight excluding hydrogens is 255 g/mol. The van der Waals surface area contributed by atoms with Crippen molar-refractivity contribution in [3.05, 3.63) is 65.2 Å². The van der Waals surface area contributed by atoms with Crippen molar-refractivity contribution in [3.63, 3.8) is 0 Å². The van der Waals surface area contributed by atoms with Gasteiger partial charge in [-0.3, -0.25) is 4.79 Å². The molecular formula is C16H13FN2O. The Kier molecular flexibility index (Phi) is 3.06. The van der Waals surface area contributed by atoms with Crippen LogP contribution >= 0.6 is 0 Å². The molecule has 3 rings (SSSR count). The molecule has 1 heterocycles. The van der Waals surface area contributed by atoms with Crippen LogP contribution in [0.4, 0.5) is 4.39 Å². The van der Waals surface area contributed by atoms with Crippen LogP contribution in [-0.2, 0) is 6.42 Å². The molecule has 3 nitrogen and oxygen atoms in total. The van der Waals surface area contributed by atoms with Gasteiger partial charge >= 0.3 is 0 Å². The van der Waals surface area contributed by atoms with Crippen LogP contribution in [0.2, 0.25) is 0 Å². The van der Waals surface area contributed by atoms with Crippen molar-refractivity contribution in [2.24, 2.45) is 0 Å². The highest BCUT2D eigenvalue weighted by Crippen LogP contribution is 2.25. The summed E-state index contributed by atoms with van der Waals surface area (Å²) in [5.41, 5.74) is 2.60. The van der Waals surface area contributed by atoms with E-state index in [9.17, 15) is 9.18 Å². The van der Waals surface area contributed by atoms with Crippen LogP contribution in [-0.4, -0.2) is 15.8 Å². The first-order chi connectivity index (χ1) is 9.66. The number of nitrogens with one attached hydrogen (secondary N) is 1. The van der Waals surface area contributed by atoms with Crippen molar-refractivity contribution in [2.75, 3.05) is 0 Å². The zero-order valence-corrected chi connectivity index (χ0v) is 11.0. The molecule has 0 unspecified atom stereocenters. The summed E-state index contributed by atoms with van der Waals surface area (Å²) in [6.45, 7) is 1.45. The summed E-state index contributed by atoms with van der Waals surface area (Å²) in [5.74, 6) is -0.566. The maximum atomic E-state index is 14.6. The number of aromatic nitrogens is 2. The van der Waals surface area contributed by atoms with Crippen LogP contribution in [0.15, 0.2) is 42.7 Å². The van der Waals surface area contributed by atoms with Gasteiger partial charge in [0, 0.05) is 17.5 Å². The molecule has 0 aliphatic rings. The lowest BCUT2D eigenvalue weighted by atomic mass is 9.96. The molecule has 0 bridgehead atoms. The van der Waals surface area contributed by atoms with E-state index in [1.165, 1.54) is 13.3 Å². The summed E-state index contributed by atoms with van der Waals surface area (Å²) >= 11 is 0. The summed E-state index contributed by atoms with van der Waals surface area (Å²) in [7, 11) is 0. The third-order valence-corrected chi connectivity index (χ3v) is 3.36. The number of Topliss-reactive ketones (excluding diaryl/α,β-unsaturated/α-hetero) is 1. The molecule has 2 aromatic carbocycles. The predicted molar refractivity (Wildman–Crippen MR) is 75.3 cm³/mol. The highest BCUT2D eigenvalue weighted by atomic mass is 19.1. The number of fused-ring (bicyclic) bond motifs is 1. The van der Waals surface area contributed by atoms with E-state index in [2.05, 4.69) is 9.97 Å². The number of carbonyl (C=O) groups is 1. The molecule has 0 radical (unpaired) electrons. The van der Waals surface area contributed by atoms with Crippen molar-refractivity contribution in [3.8, 4) is 0 Å². The van der Waals surface area contributed by atoms with Crippen molar-refractivity contribution in [2.45, 2.75) is 13.3 Å². The summed E-state index contributed by atoms with van der Waals surface area (Å²) < 4.78 is 14.6. The SMILES string of the molecule is CC(=O)c1cc2[nH]cnc2c(F)c1Cc1ccccc1. The Bertz CT molecular complexity index is 778. The summed E-state index contributed by atoms with van der Waals surface area (Å²) in [4.78, 5) is 18.6. The maximum Gasteiger partial charge on any atom is 0.160 e. The number of hydrogen-bond donors (Lipinski definition) is 1. The van der Waals surface area contributed by atoms with Crippen LogP contribution in [0.1, 0.15) is 28.4 Å². The second-order valence-electron chi connectivity index (χ2n) is 4.73. The maximum absolute atomic E-state index is 14.6. The topological polar surface area (TPSA) is 45.8 Å². The zero-order valence-electron chi connectivity index (χ0n) is 11.0. The van der Waals surface area contributed by atoms with Crippen LogP contribution in [0.3, 0.4) is 0 Å². The van der Waals surface area contributed by atoms with Gasteiger partial charge in [0.25, 0.3) is 0 Å². The lowest BCUT2D eigenvalue weighted by Crippen LogP contribution is -2.04. The molecule has 0 aliphatic heterocycles. The lowest BCUT2D eigenvalue weighted by Gasteiger charge is -2.09. The summed E-state index contributed by atoms with van der Waals surface area (Å²) in [5, 5.41) is 0. The number of benzene rings is 2. The number of aromatic amines is 1. The first kappa shape index (κ1) is 12.5. The number of hydrogen-bond acceptors (Lipinski definition) is 2. The van der Waals surface area contributed by atoms with E-state index in [1.54, 1.807) is 6.07 Å². The second kappa shape index (κ2) is 4.89. The Labute approximate surface area is 115 Å². The molecule has 100 valence electrons. The second-order valence-corrected chi connectivity index (χ2v) is 4.73. The number of rotatable bonds is 3. The lowest BCUT2D eigenvalue weighted by molar-refractivity contribution is 0.101. The van der Waals surface area contributed by atoms with Crippen molar-refractivity contribution >= 4 is 16.8 Å². The number of nitrogens with zero attached hydrogens (tertiary/aromatic N) is 1. The minimum absolute atomic E-state index is 0.147. The number of imidazole rings is 1. The number of H-pyrrole nitrogens is 1. The molecule has 0 spiro atoms.